The molecule has 0 aliphatic rings. The molecule has 0 aliphatic heterocycles. The molecule has 6 nitrogen and oxygen atoms in total. The summed E-state index contributed by atoms with van der Waals surface area (Å²) in [7, 11) is 5.11. The standard InChI is InChI=1S/C12H16N4O2/c1-16-8-13-6-10(16)7-14-9-4-11(17-2)12(18-3)15-5-9/h4-6,8,14H,7H2,1-3H3. The van der Waals surface area contributed by atoms with E-state index < -0.39 is 0 Å². The Bertz CT molecular complexity index is 525. The van der Waals surface area contributed by atoms with Crippen LogP contribution >= 0.6 is 0 Å². The number of anilines is 1. The van der Waals surface area contributed by atoms with Crippen LogP contribution in [0.5, 0.6) is 11.6 Å². The SMILES string of the molecule is COc1cc(NCc2cncn2C)cnc1OC. The summed E-state index contributed by atoms with van der Waals surface area (Å²) in [6.45, 7) is 0.674. The van der Waals surface area contributed by atoms with Gasteiger partial charge < -0.3 is 19.4 Å². The molecule has 0 bridgehead atoms. The molecule has 0 aromatic carbocycles. The third-order valence-corrected chi connectivity index (χ3v) is 2.62. The molecule has 0 amide bonds. The molecule has 96 valence electrons. The Balaban J connectivity index is 2.08. The fourth-order valence-electron chi connectivity index (χ4n) is 1.58. The van der Waals surface area contributed by atoms with Gasteiger partial charge in [-0.25, -0.2) is 9.97 Å². The predicted octanol–water partition coefficient (Wildman–Crippen LogP) is 1.44. The minimum atomic E-state index is 0.476. The van der Waals surface area contributed by atoms with Gasteiger partial charge in [-0.2, -0.15) is 0 Å². The van der Waals surface area contributed by atoms with E-state index in [0.717, 1.165) is 11.4 Å². The monoisotopic (exact) mass is 248 g/mol. The Hall–Kier alpha value is -2.24. The van der Waals surface area contributed by atoms with E-state index in [1.807, 2.05) is 23.9 Å². The lowest BCUT2D eigenvalue weighted by Gasteiger charge is -2.10. The van der Waals surface area contributed by atoms with Crippen molar-refractivity contribution < 1.29 is 9.47 Å². The van der Waals surface area contributed by atoms with Gasteiger partial charge in [0.05, 0.1) is 44.7 Å². The van der Waals surface area contributed by atoms with E-state index in [2.05, 4.69) is 15.3 Å². The number of methoxy groups -OCH3 is 2. The molecule has 0 atom stereocenters. The minimum Gasteiger partial charge on any atom is -0.491 e. The van der Waals surface area contributed by atoms with Crippen LogP contribution in [0, 0.1) is 0 Å². The van der Waals surface area contributed by atoms with E-state index in [4.69, 9.17) is 9.47 Å². The van der Waals surface area contributed by atoms with Gasteiger partial charge in [-0.3, -0.25) is 0 Å². The van der Waals surface area contributed by atoms with Crippen LogP contribution in [-0.4, -0.2) is 28.8 Å². The van der Waals surface area contributed by atoms with Crippen LogP contribution in [0.3, 0.4) is 0 Å². The highest BCUT2D eigenvalue weighted by Gasteiger charge is 2.06. The lowest BCUT2D eigenvalue weighted by atomic mass is 10.3. The number of nitrogens with zero attached hydrogens (tertiary/aromatic N) is 3. The second-order valence-corrected chi connectivity index (χ2v) is 3.78. The summed E-state index contributed by atoms with van der Waals surface area (Å²) in [6.07, 6.45) is 5.29. The average molecular weight is 248 g/mol. The number of ether oxygens (including phenoxy) is 2. The molecule has 2 heterocycles. The van der Waals surface area contributed by atoms with E-state index in [9.17, 15) is 0 Å². The summed E-state index contributed by atoms with van der Waals surface area (Å²) in [5.41, 5.74) is 1.96. The molecule has 1 N–H and O–H groups in total. The first kappa shape index (κ1) is 12.2. The summed E-state index contributed by atoms with van der Waals surface area (Å²) in [6, 6.07) is 1.85. The van der Waals surface area contributed by atoms with Gasteiger partial charge in [0, 0.05) is 19.3 Å². The van der Waals surface area contributed by atoms with Gasteiger partial charge in [-0.15, -0.1) is 0 Å². The second kappa shape index (κ2) is 5.39. The molecule has 6 heteroatoms. The molecule has 2 rings (SSSR count). The Kier molecular flexibility index (Phi) is 3.66. The largest absolute Gasteiger partial charge is 0.491 e. The quantitative estimate of drug-likeness (QED) is 0.867. The maximum atomic E-state index is 5.19. The van der Waals surface area contributed by atoms with Gasteiger partial charge in [-0.1, -0.05) is 0 Å². The highest BCUT2D eigenvalue weighted by Crippen LogP contribution is 2.26. The molecule has 0 aliphatic carbocycles. The smallest absolute Gasteiger partial charge is 0.256 e. The summed E-state index contributed by atoms with van der Waals surface area (Å²) >= 11 is 0. The zero-order valence-electron chi connectivity index (χ0n) is 10.7. The van der Waals surface area contributed by atoms with Gasteiger partial charge in [0.25, 0.3) is 5.88 Å². The maximum absolute atomic E-state index is 5.19. The summed E-state index contributed by atoms with van der Waals surface area (Å²) in [4.78, 5) is 8.22. The van der Waals surface area contributed by atoms with E-state index >= 15 is 0 Å². The van der Waals surface area contributed by atoms with Crippen LogP contribution in [0.25, 0.3) is 0 Å². The van der Waals surface area contributed by atoms with Crippen LogP contribution in [0.2, 0.25) is 0 Å². The highest BCUT2D eigenvalue weighted by atomic mass is 16.5. The number of nitrogens with one attached hydrogen (secondary N) is 1. The molecule has 0 saturated heterocycles. The van der Waals surface area contributed by atoms with Crippen LogP contribution in [-0.2, 0) is 13.6 Å². The molecule has 18 heavy (non-hydrogen) atoms. The number of hydrogen-bond donors (Lipinski definition) is 1. The molecule has 0 spiro atoms. The summed E-state index contributed by atoms with van der Waals surface area (Å²) in [5.74, 6) is 1.08. The Morgan fingerprint density at radius 2 is 2.11 bits per heavy atom. The van der Waals surface area contributed by atoms with Gasteiger partial charge >= 0.3 is 0 Å². The van der Waals surface area contributed by atoms with Crippen LogP contribution in [0.1, 0.15) is 5.69 Å². The topological polar surface area (TPSA) is 61.2 Å². The number of rotatable bonds is 5. The Labute approximate surface area is 106 Å². The van der Waals surface area contributed by atoms with E-state index in [1.165, 1.54) is 0 Å². The van der Waals surface area contributed by atoms with Gasteiger partial charge in [0.1, 0.15) is 0 Å². The molecule has 2 aromatic rings. The third-order valence-electron chi connectivity index (χ3n) is 2.62. The first-order chi connectivity index (χ1) is 8.74. The van der Waals surface area contributed by atoms with Crippen LogP contribution < -0.4 is 14.8 Å². The van der Waals surface area contributed by atoms with Crippen molar-refractivity contribution in [1.82, 2.24) is 14.5 Å². The number of pyridine rings is 1. The van der Waals surface area contributed by atoms with Crippen molar-refractivity contribution in [3.05, 3.63) is 30.5 Å². The van der Waals surface area contributed by atoms with Crippen molar-refractivity contribution >= 4 is 5.69 Å². The second-order valence-electron chi connectivity index (χ2n) is 3.78. The van der Waals surface area contributed by atoms with Crippen molar-refractivity contribution in [2.24, 2.45) is 7.05 Å². The lowest BCUT2D eigenvalue weighted by molar-refractivity contribution is 0.343. The normalized spacial score (nSPS) is 10.2. The molecule has 0 fully saturated rings. The summed E-state index contributed by atoms with van der Waals surface area (Å²) in [5, 5.41) is 3.26. The number of hydrogen-bond acceptors (Lipinski definition) is 5. The third kappa shape index (κ3) is 2.53. The first-order valence-corrected chi connectivity index (χ1v) is 5.51. The minimum absolute atomic E-state index is 0.476. The molecule has 0 saturated carbocycles. The van der Waals surface area contributed by atoms with Gasteiger partial charge in [0.15, 0.2) is 5.75 Å². The number of imidazole rings is 1. The summed E-state index contributed by atoms with van der Waals surface area (Å²) < 4.78 is 12.2. The van der Waals surface area contributed by atoms with Gasteiger partial charge in [-0.05, 0) is 0 Å². The fraction of sp³-hybridized carbons (Fsp3) is 0.333. The number of aromatic nitrogens is 3. The molecular formula is C12H16N4O2. The number of aryl methyl sites for hydroxylation is 1. The first-order valence-electron chi connectivity index (χ1n) is 5.51. The molecular weight excluding hydrogens is 232 g/mol. The average Bonchev–Trinajstić information content (AvgIpc) is 2.81. The lowest BCUT2D eigenvalue weighted by Crippen LogP contribution is -2.04. The van der Waals surface area contributed by atoms with Crippen molar-refractivity contribution in [3.8, 4) is 11.6 Å². The zero-order chi connectivity index (χ0) is 13.0. The molecule has 0 radical (unpaired) electrons. The zero-order valence-corrected chi connectivity index (χ0v) is 10.7. The Morgan fingerprint density at radius 3 is 2.72 bits per heavy atom. The van der Waals surface area contributed by atoms with E-state index in [-0.39, 0.29) is 0 Å². The van der Waals surface area contributed by atoms with E-state index in [1.54, 1.807) is 26.7 Å². The van der Waals surface area contributed by atoms with Crippen molar-refractivity contribution in [2.75, 3.05) is 19.5 Å². The van der Waals surface area contributed by atoms with Gasteiger partial charge in [0.2, 0.25) is 0 Å². The maximum Gasteiger partial charge on any atom is 0.256 e. The van der Waals surface area contributed by atoms with Crippen molar-refractivity contribution in [3.63, 3.8) is 0 Å². The van der Waals surface area contributed by atoms with Crippen molar-refractivity contribution in [1.29, 1.82) is 0 Å². The predicted molar refractivity (Wildman–Crippen MR) is 67.9 cm³/mol. The Morgan fingerprint density at radius 1 is 1.28 bits per heavy atom. The molecule has 0 unspecified atom stereocenters. The van der Waals surface area contributed by atoms with Crippen LogP contribution in [0.4, 0.5) is 5.69 Å². The fourth-order valence-corrected chi connectivity index (χ4v) is 1.58. The van der Waals surface area contributed by atoms with Crippen molar-refractivity contribution in [2.45, 2.75) is 6.54 Å². The molecule has 2 aromatic heterocycles. The van der Waals surface area contributed by atoms with E-state index in [0.29, 0.717) is 18.2 Å². The highest BCUT2D eigenvalue weighted by molar-refractivity contribution is 5.50. The van der Waals surface area contributed by atoms with Crippen LogP contribution in [0.15, 0.2) is 24.8 Å².